The van der Waals surface area contributed by atoms with E-state index in [-0.39, 0.29) is 22.6 Å². The number of hydrogen-bond donors (Lipinski definition) is 1. The van der Waals surface area contributed by atoms with Crippen LogP contribution in [-0.4, -0.2) is 23.1 Å². The Morgan fingerprint density at radius 2 is 2.04 bits per heavy atom. The highest BCUT2D eigenvalue weighted by molar-refractivity contribution is 5.98. The lowest BCUT2D eigenvalue weighted by Crippen LogP contribution is -2.43. The molecular formula is C18H22N2O3. The smallest absolute Gasteiger partial charge is 0.263 e. The van der Waals surface area contributed by atoms with Gasteiger partial charge in [-0.3, -0.25) is 9.59 Å². The van der Waals surface area contributed by atoms with E-state index in [1.54, 1.807) is 17.7 Å². The molecule has 2 heterocycles. The summed E-state index contributed by atoms with van der Waals surface area (Å²) < 4.78 is 7.14. The largest absolute Gasteiger partial charge is 0.496 e. The van der Waals surface area contributed by atoms with E-state index in [4.69, 9.17) is 4.74 Å². The summed E-state index contributed by atoms with van der Waals surface area (Å²) in [5, 5.41) is 3.77. The van der Waals surface area contributed by atoms with Gasteiger partial charge in [0.2, 0.25) is 0 Å². The van der Waals surface area contributed by atoms with Gasteiger partial charge in [0, 0.05) is 17.6 Å². The summed E-state index contributed by atoms with van der Waals surface area (Å²) in [5.41, 5.74) is 1.54. The molecule has 0 radical (unpaired) electrons. The van der Waals surface area contributed by atoms with Crippen LogP contribution in [0.25, 0.3) is 10.9 Å². The number of pyridine rings is 1. The van der Waals surface area contributed by atoms with Crippen molar-refractivity contribution in [3.8, 4) is 5.75 Å². The highest BCUT2D eigenvalue weighted by atomic mass is 16.5. The van der Waals surface area contributed by atoms with E-state index in [0.717, 1.165) is 35.1 Å². The average molecular weight is 314 g/mol. The summed E-state index contributed by atoms with van der Waals surface area (Å²) in [4.78, 5) is 25.3. The lowest BCUT2D eigenvalue weighted by Gasteiger charge is -2.24. The summed E-state index contributed by atoms with van der Waals surface area (Å²) in [6, 6.07) is 5.51. The van der Waals surface area contributed by atoms with Crippen LogP contribution in [0.5, 0.6) is 5.75 Å². The number of carbonyl (C=O) groups is 1. The van der Waals surface area contributed by atoms with Crippen LogP contribution in [-0.2, 0) is 13.0 Å². The number of hydrogen-bond acceptors (Lipinski definition) is 3. The lowest BCUT2D eigenvalue weighted by atomic mass is 9.98. The predicted molar refractivity (Wildman–Crippen MR) is 90.3 cm³/mol. The van der Waals surface area contributed by atoms with Crippen molar-refractivity contribution in [1.82, 2.24) is 9.88 Å². The van der Waals surface area contributed by atoms with E-state index in [0.29, 0.717) is 6.54 Å². The monoisotopic (exact) mass is 314 g/mol. The van der Waals surface area contributed by atoms with Gasteiger partial charge in [-0.15, -0.1) is 0 Å². The van der Waals surface area contributed by atoms with E-state index >= 15 is 0 Å². The molecule has 0 unspecified atom stereocenters. The van der Waals surface area contributed by atoms with Crippen molar-refractivity contribution in [2.75, 3.05) is 7.11 Å². The molecule has 0 saturated carbocycles. The Labute approximate surface area is 135 Å². The van der Waals surface area contributed by atoms with Gasteiger partial charge in [-0.2, -0.15) is 0 Å². The summed E-state index contributed by atoms with van der Waals surface area (Å²) >= 11 is 0. The number of carbonyl (C=O) groups excluding carboxylic acids is 1. The van der Waals surface area contributed by atoms with Gasteiger partial charge in [0.15, 0.2) is 0 Å². The minimum absolute atomic E-state index is 0.199. The Balaban J connectivity index is 2.23. The fraction of sp³-hybridized carbons (Fsp3) is 0.444. The third-order valence-electron chi connectivity index (χ3n) is 4.08. The van der Waals surface area contributed by atoms with E-state index in [9.17, 15) is 9.59 Å². The number of amides is 1. The summed E-state index contributed by atoms with van der Waals surface area (Å²) in [5.74, 6) is 0.480. The summed E-state index contributed by atoms with van der Waals surface area (Å²) in [6.45, 7) is 6.33. The Morgan fingerprint density at radius 3 is 2.70 bits per heavy atom. The van der Waals surface area contributed by atoms with Gasteiger partial charge in [0.25, 0.3) is 11.5 Å². The molecule has 1 aliphatic rings. The van der Waals surface area contributed by atoms with Crippen LogP contribution in [0.2, 0.25) is 0 Å². The number of aromatic nitrogens is 1. The molecule has 0 fully saturated rings. The number of rotatable bonds is 2. The lowest BCUT2D eigenvalue weighted by molar-refractivity contribution is 0.0917. The van der Waals surface area contributed by atoms with E-state index in [2.05, 4.69) is 5.32 Å². The molecule has 2 aromatic rings. The minimum atomic E-state index is -0.383. The second-order valence-corrected chi connectivity index (χ2v) is 7.01. The summed E-state index contributed by atoms with van der Waals surface area (Å²) in [7, 11) is 1.64. The van der Waals surface area contributed by atoms with Crippen molar-refractivity contribution in [3.63, 3.8) is 0 Å². The van der Waals surface area contributed by atoms with Crippen molar-refractivity contribution < 1.29 is 9.53 Å². The molecule has 0 bridgehead atoms. The van der Waals surface area contributed by atoms with Gasteiger partial charge in [0.1, 0.15) is 11.3 Å². The molecule has 122 valence electrons. The first-order valence-corrected chi connectivity index (χ1v) is 7.88. The fourth-order valence-corrected chi connectivity index (χ4v) is 3.17. The van der Waals surface area contributed by atoms with Crippen LogP contribution >= 0.6 is 0 Å². The number of ether oxygens (including phenoxy) is 1. The normalized spacial score (nSPS) is 13.9. The van der Waals surface area contributed by atoms with Crippen molar-refractivity contribution in [2.45, 2.75) is 45.7 Å². The Bertz CT molecular complexity index is 844. The van der Waals surface area contributed by atoms with Crippen LogP contribution in [0.3, 0.4) is 0 Å². The van der Waals surface area contributed by atoms with Crippen LogP contribution in [0.1, 0.15) is 43.1 Å². The molecular weight excluding hydrogens is 292 g/mol. The second kappa shape index (κ2) is 5.41. The first kappa shape index (κ1) is 15.6. The molecule has 0 atom stereocenters. The van der Waals surface area contributed by atoms with Crippen LogP contribution < -0.4 is 15.6 Å². The van der Waals surface area contributed by atoms with Crippen molar-refractivity contribution in [1.29, 1.82) is 0 Å². The first-order valence-electron chi connectivity index (χ1n) is 7.88. The standard InChI is InChI=1S/C18H22N2O3/c1-18(2,3)19-16(21)13-10-11-7-8-14(23-4)12-6-5-9-20(15(11)12)17(13)22/h7-8,10H,5-6,9H2,1-4H3,(H,19,21). The zero-order valence-corrected chi connectivity index (χ0v) is 14.0. The van der Waals surface area contributed by atoms with Gasteiger partial charge in [0.05, 0.1) is 12.6 Å². The van der Waals surface area contributed by atoms with E-state index in [1.165, 1.54) is 0 Å². The minimum Gasteiger partial charge on any atom is -0.496 e. The van der Waals surface area contributed by atoms with Gasteiger partial charge >= 0.3 is 0 Å². The van der Waals surface area contributed by atoms with Gasteiger partial charge < -0.3 is 14.6 Å². The van der Waals surface area contributed by atoms with Crippen LogP contribution in [0.4, 0.5) is 0 Å². The predicted octanol–water partition coefficient (Wildman–Crippen LogP) is 2.48. The molecule has 1 aromatic heterocycles. The molecule has 0 spiro atoms. The average Bonchev–Trinajstić information content (AvgIpc) is 2.49. The van der Waals surface area contributed by atoms with Crippen molar-refractivity contribution in [3.05, 3.63) is 39.7 Å². The van der Waals surface area contributed by atoms with Gasteiger partial charge in [-0.05, 0) is 57.2 Å². The number of nitrogens with one attached hydrogen (secondary N) is 1. The zero-order valence-electron chi connectivity index (χ0n) is 14.0. The molecule has 23 heavy (non-hydrogen) atoms. The van der Waals surface area contributed by atoms with E-state index < -0.39 is 0 Å². The highest BCUT2D eigenvalue weighted by Gasteiger charge is 2.23. The number of methoxy groups -OCH3 is 1. The number of benzene rings is 1. The Hall–Kier alpha value is -2.30. The van der Waals surface area contributed by atoms with Crippen molar-refractivity contribution >= 4 is 16.8 Å². The van der Waals surface area contributed by atoms with Crippen molar-refractivity contribution in [2.24, 2.45) is 0 Å². The maximum Gasteiger partial charge on any atom is 0.263 e. The second-order valence-electron chi connectivity index (χ2n) is 7.01. The summed E-state index contributed by atoms with van der Waals surface area (Å²) in [6.07, 6.45) is 1.75. The van der Waals surface area contributed by atoms with Crippen LogP contribution in [0.15, 0.2) is 23.0 Å². The van der Waals surface area contributed by atoms with Gasteiger partial charge in [-0.25, -0.2) is 0 Å². The number of aryl methyl sites for hydroxylation is 2. The molecule has 5 heteroatoms. The third-order valence-corrected chi connectivity index (χ3v) is 4.08. The zero-order chi connectivity index (χ0) is 16.8. The fourth-order valence-electron chi connectivity index (χ4n) is 3.17. The maximum absolute atomic E-state index is 12.8. The third kappa shape index (κ3) is 2.71. The molecule has 1 aromatic carbocycles. The molecule has 3 rings (SSSR count). The first-order chi connectivity index (χ1) is 10.8. The topological polar surface area (TPSA) is 60.3 Å². The molecule has 0 saturated heterocycles. The molecule has 1 N–H and O–H groups in total. The maximum atomic E-state index is 12.8. The highest BCUT2D eigenvalue weighted by Crippen LogP contribution is 2.31. The van der Waals surface area contributed by atoms with Crippen LogP contribution in [0, 0.1) is 0 Å². The molecule has 0 aliphatic carbocycles. The molecule has 5 nitrogen and oxygen atoms in total. The van der Waals surface area contributed by atoms with E-state index in [1.807, 2.05) is 32.9 Å². The Kier molecular flexibility index (Phi) is 3.66. The number of nitrogens with zero attached hydrogens (tertiary/aromatic N) is 1. The van der Waals surface area contributed by atoms with Gasteiger partial charge in [-0.1, -0.05) is 0 Å². The molecule has 1 aliphatic heterocycles. The quantitative estimate of drug-likeness (QED) is 0.926. The Morgan fingerprint density at radius 1 is 1.30 bits per heavy atom. The molecule has 1 amide bonds. The SMILES string of the molecule is COc1ccc2cc(C(=O)NC(C)(C)C)c(=O)n3c2c1CCC3.